The molecule has 0 aliphatic heterocycles. The van der Waals surface area contributed by atoms with Gasteiger partial charge in [-0.3, -0.25) is 0 Å². The van der Waals surface area contributed by atoms with Crippen LogP contribution in [0, 0.1) is 0 Å². The van der Waals surface area contributed by atoms with Crippen molar-refractivity contribution >= 4 is 0 Å². The smallest absolute Gasteiger partial charge is 0.222 e. The number of rotatable bonds is 10. The first-order chi connectivity index (χ1) is 7.20. The maximum absolute atomic E-state index is 5.34. The summed E-state index contributed by atoms with van der Waals surface area (Å²) in [5.41, 5.74) is 0. The summed E-state index contributed by atoms with van der Waals surface area (Å²) >= 11 is 0. The standard InChI is InChI=1S/C11H22O4/c1-5-12-7-8-13-9-11(14-6-2)15-10(3)4/h11H,3,5-9H2,1-2,4H3. The van der Waals surface area contributed by atoms with E-state index in [1.54, 1.807) is 6.92 Å². The van der Waals surface area contributed by atoms with Gasteiger partial charge in [-0.15, -0.1) is 0 Å². The van der Waals surface area contributed by atoms with Gasteiger partial charge in [0.1, 0.15) is 6.61 Å². The molecule has 0 saturated carbocycles. The predicted molar refractivity (Wildman–Crippen MR) is 58.6 cm³/mol. The summed E-state index contributed by atoms with van der Waals surface area (Å²) in [6.45, 7) is 12.1. The molecule has 0 rings (SSSR count). The minimum Gasteiger partial charge on any atom is -0.468 e. The lowest BCUT2D eigenvalue weighted by molar-refractivity contribution is -0.150. The summed E-state index contributed by atoms with van der Waals surface area (Å²) < 4.78 is 21.1. The fourth-order valence-electron chi connectivity index (χ4n) is 0.968. The third kappa shape index (κ3) is 9.72. The Labute approximate surface area is 92.2 Å². The zero-order chi connectivity index (χ0) is 11.5. The molecule has 0 N–H and O–H groups in total. The van der Waals surface area contributed by atoms with E-state index in [0.29, 0.717) is 38.8 Å². The van der Waals surface area contributed by atoms with Crippen molar-refractivity contribution in [3.8, 4) is 0 Å². The van der Waals surface area contributed by atoms with E-state index in [9.17, 15) is 0 Å². The maximum Gasteiger partial charge on any atom is 0.222 e. The lowest BCUT2D eigenvalue weighted by Gasteiger charge is -2.18. The molecule has 1 atom stereocenters. The molecular weight excluding hydrogens is 196 g/mol. The second-order valence-corrected chi connectivity index (χ2v) is 2.98. The summed E-state index contributed by atoms with van der Waals surface area (Å²) in [5, 5.41) is 0. The number of hydrogen-bond acceptors (Lipinski definition) is 4. The molecule has 4 heteroatoms. The minimum atomic E-state index is -0.367. The fourth-order valence-corrected chi connectivity index (χ4v) is 0.968. The Morgan fingerprint density at radius 1 is 1.13 bits per heavy atom. The van der Waals surface area contributed by atoms with Crippen molar-refractivity contribution < 1.29 is 18.9 Å². The molecule has 1 unspecified atom stereocenters. The number of allylic oxidation sites excluding steroid dienone is 1. The Morgan fingerprint density at radius 2 is 1.80 bits per heavy atom. The number of hydrogen-bond donors (Lipinski definition) is 0. The molecule has 0 amide bonds. The first-order valence-corrected chi connectivity index (χ1v) is 5.29. The maximum atomic E-state index is 5.34. The van der Waals surface area contributed by atoms with Crippen LogP contribution in [-0.4, -0.2) is 39.3 Å². The van der Waals surface area contributed by atoms with Gasteiger partial charge < -0.3 is 18.9 Å². The third-order valence-corrected chi connectivity index (χ3v) is 1.52. The van der Waals surface area contributed by atoms with Crippen LogP contribution in [0.2, 0.25) is 0 Å². The average molecular weight is 218 g/mol. The van der Waals surface area contributed by atoms with Crippen LogP contribution < -0.4 is 0 Å². The lowest BCUT2D eigenvalue weighted by Crippen LogP contribution is -2.23. The van der Waals surface area contributed by atoms with Crippen LogP contribution in [0.5, 0.6) is 0 Å². The van der Waals surface area contributed by atoms with Gasteiger partial charge in [0.25, 0.3) is 0 Å². The van der Waals surface area contributed by atoms with Crippen LogP contribution in [0.3, 0.4) is 0 Å². The zero-order valence-corrected chi connectivity index (χ0v) is 9.95. The van der Waals surface area contributed by atoms with Gasteiger partial charge in [0.2, 0.25) is 6.29 Å². The van der Waals surface area contributed by atoms with E-state index in [0.717, 1.165) is 0 Å². The van der Waals surface area contributed by atoms with E-state index in [-0.39, 0.29) is 6.29 Å². The fraction of sp³-hybridized carbons (Fsp3) is 0.818. The van der Waals surface area contributed by atoms with Gasteiger partial charge in [0, 0.05) is 13.2 Å². The van der Waals surface area contributed by atoms with Crippen molar-refractivity contribution in [3.05, 3.63) is 12.3 Å². The molecule has 0 aliphatic rings. The van der Waals surface area contributed by atoms with E-state index >= 15 is 0 Å². The second kappa shape index (κ2) is 9.96. The predicted octanol–water partition coefficient (Wildman–Crippen LogP) is 1.95. The Kier molecular flexibility index (Phi) is 9.57. The third-order valence-electron chi connectivity index (χ3n) is 1.52. The molecule has 0 saturated heterocycles. The Morgan fingerprint density at radius 3 is 2.33 bits per heavy atom. The molecule has 0 aromatic rings. The van der Waals surface area contributed by atoms with Crippen LogP contribution in [0.1, 0.15) is 20.8 Å². The van der Waals surface area contributed by atoms with Crippen molar-refractivity contribution in [2.75, 3.05) is 33.0 Å². The highest BCUT2D eigenvalue weighted by Gasteiger charge is 2.08. The van der Waals surface area contributed by atoms with Crippen LogP contribution >= 0.6 is 0 Å². The Bertz CT molecular complexity index is 159. The van der Waals surface area contributed by atoms with Crippen LogP contribution in [0.25, 0.3) is 0 Å². The van der Waals surface area contributed by atoms with Crippen LogP contribution in [0.4, 0.5) is 0 Å². The molecule has 90 valence electrons. The molecule has 0 aromatic heterocycles. The van der Waals surface area contributed by atoms with Crippen molar-refractivity contribution in [3.63, 3.8) is 0 Å². The highest BCUT2D eigenvalue weighted by atomic mass is 16.7. The topological polar surface area (TPSA) is 36.9 Å². The molecule has 0 heterocycles. The lowest BCUT2D eigenvalue weighted by atomic mass is 10.6. The highest BCUT2D eigenvalue weighted by molar-refractivity contribution is 4.74. The molecule has 0 radical (unpaired) electrons. The Hall–Kier alpha value is -0.580. The normalized spacial score (nSPS) is 12.5. The zero-order valence-electron chi connectivity index (χ0n) is 9.95. The van der Waals surface area contributed by atoms with Gasteiger partial charge in [-0.25, -0.2) is 0 Å². The summed E-state index contributed by atoms with van der Waals surface area (Å²) in [6.07, 6.45) is -0.367. The van der Waals surface area contributed by atoms with E-state index < -0.39 is 0 Å². The average Bonchev–Trinajstić information content (AvgIpc) is 2.17. The van der Waals surface area contributed by atoms with Gasteiger partial charge >= 0.3 is 0 Å². The molecular formula is C11H22O4. The molecule has 4 nitrogen and oxygen atoms in total. The molecule has 0 fully saturated rings. The van der Waals surface area contributed by atoms with Crippen molar-refractivity contribution in [1.82, 2.24) is 0 Å². The van der Waals surface area contributed by atoms with E-state index in [4.69, 9.17) is 18.9 Å². The first kappa shape index (κ1) is 14.4. The summed E-state index contributed by atoms with van der Waals surface area (Å²) in [7, 11) is 0. The van der Waals surface area contributed by atoms with Gasteiger partial charge in [0.05, 0.1) is 19.0 Å². The first-order valence-electron chi connectivity index (χ1n) is 5.29. The largest absolute Gasteiger partial charge is 0.468 e. The van der Waals surface area contributed by atoms with Gasteiger partial charge in [-0.2, -0.15) is 0 Å². The van der Waals surface area contributed by atoms with Gasteiger partial charge in [-0.05, 0) is 20.8 Å². The molecule has 0 spiro atoms. The summed E-state index contributed by atoms with van der Waals surface area (Å²) in [6, 6.07) is 0. The van der Waals surface area contributed by atoms with Gasteiger partial charge in [-0.1, -0.05) is 6.58 Å². The minimum absolute atomic E-state index is 0.367. The summed E-state index contributed by atoms with van der Waals surface area (Å²) in [5.74, 6) is 0.627. The second-order valence-electron chi connectivity index (χ2n) is 2.98. The molecule has 0 aromatic carbocycles. The summed E-state index contributed by atoms with van der Waals surface area (Å²) in [4.78, 5) is 0. The van der Waals surface area contributed by atoms with Crippen molar-refractivity contribution in [2.45, 2.75) is 27.1 Å². The van der Waals surface area contributed by atoms with E-state index in [1.165, 1.54) is 0 Å². The molecule has 0 bridgehead atoms. The van der Waals surface area contributed by atoms with Crippen molar-refractivity contribution in [2.24, 2.45) is 0 Å². The van der Waals surface area contributed by atoms with E-state index in [2.05, 4.69) is 6.58 Å². The molecule has 0 aliphatic carbocycles. The van der Waals surface area contributed by atoms with Crippen LogP contribution in [0.15, 0.2) is 12.3 Å². The molecule has 15 heavy (non-hydrogen) atoms. The monoisotopic (exact) mass is 218 g/mol. The van der Waals surface area contributed by atoms with Crippen LogP contribution in [-0.2, 0) is 18.9 Å². The SMILES string of the molecule is C=C(C)OC(COCCOCC)OCC. The highest BCUT2D eigenvalue weighted by Crippen LogP contribution is 2.02. The van der Waals surface area contributed by atoms with E-state index in [1.807, 2.05) is 13.8 Å². The Balaban J connectivity index is 3.52. The number of ether oxygens (including phenoxy) is 4. The van der Waals surface area contributed by atoms with Gasteiger partial charge in [0.15, 0.2) is 0 Å². The quantitative estimate of drug-likeness (QED) is 0.319. The van der Waals surface area contributed by atoms with Crippen molar-refractivity contribution in [1.29, 1.82) is 0 Å².